The summed E-state index contributed by atoms with van der Waals surface area (Å²) < 4.78 is 18.2. The van der Waals surface area contributed by atoms with Crippen molar-refractivity contribution in [2.75, 3.05) is 12.4 Å². The van der Waals surface area contributed by atoms with Gasteiger partial charge in [0.2, 0.25) is 5.91 Å². The van der Waals surface area contributed by atoms with E-state index >= 15 is 0 Å². The fourth-order valence-electron chi connectivity index (χ4n) is 2.77. The number of anilines is 1. The lowest BCUT2D eigenvalue weighted by molar-refractivity contribution is -0.118. The minimum Gasteiger partial charge on any atom is -0.497 e. The van der Waals surface area contributed by atoms with E-state index in [2.05, 4.69) is 15.6 Å². The van der Waals surface area contributed by atoms with E-state index in [0.717, 1.165) is 5.56 Å². The van der Waals surface area contributed by atoms with E-state index in [4.69, 9.17) is 4.74 Å². The van der Waals surface area contributed by atoms with Crippen LogP contribution in [0.3, 0.4) is 0 Å². The van der Waals surface area contributed by atoms with Gasteiger partial charge in [-0.25, -0.2) is 9.37 Å². The third-order valence-electron chi connectivity index (χ3n) is 4.46. The summed E-state index contributed by atoms with van der Waals surface area (Å²) in [4.78, 5) is 29.7. The van der Waals surface area contributed by atoms with Gasteiger partial charge in [0.25, 0.3) is 5.91 Å². The molecule has 0 radical (unpaired) electrons. The summed E-state index contributed by atoms with van der Waals surface area (Å²) in [5.74, 6) is -0.520. The molecule has 156 valence electrons. The summed E-state index contributed by atoms with van der Waals surface area (Å²) in [7, 11) is 1.55. The Morgan fingerprint density at radius 2 is 1.73 bits per heavy atom. The van der Waals surface area contributed by atoms with Crippen LogP contribution in [0.1, 0.15) is 24.2 Å². The molecule has 1 atom stereocenters. The highest BCUT2D eigenvalue weighted by Gasteiger charge is 2.25. The quantitative estimate of drug-likeness (QED) is 0.587. The number of thiazole rings is 1. The molecule has 1 aromatic heterocycles. The molecule has 0 fully saturated rings. The average molecular weight is 428 g/mol. The normalized spacial score (nSPS) is 11.8. The maximum absolute atomic E-state index is 13.1. The number of hydrogen-bond acceptors (Lipinski definition) is 5. The summed E-state index contributed by atoms with van der Waals surface area (Å²) in [6.45, 7) is 3.70. The fourth-order valence-corrected chi connectivity index (χ4v) is 3.49. The first-order valence-electron chi connectivity index (χ1n) is 9.34. The Balaban J connectivity index is 1.68. The van der Waals surface area contributed by atoms with Crippen LogP contribution in [0.15, 0.2) is 53.9 Å². The first-order valence-corrected chi connectivity index (χ1v) is 10.2. The first-order chi connectivity index (χ1) is 14.4. The van der Waals surface area contributed by atoms with Gasteiger partial charge >= 0.3 is 0 Å². The molecule has 3 rings (SSSR count). The van der Waals surface area contributed by atoms with Gasteiger partial charge in [-0.15, -0.1) is 11.3 Å². The van der Waals surface area contributed by atoms with Gasteiger partial charge in [-0.05, 0) is 54.4 Å². The Hall–Kier alpha value is -3.26. The van der Waals surface area contributed by atoms with E-state index < -0.39 is 6.04 Å². The highest BCUT2D eigenvalue weighted by Crippen LogP contribution is 2.25. The summed E-state index contributed by atoms with van der Waals surface area (Å²) >= 11 is 1.26. The first kappa shape index (κ1) is 21.4. The highest BCUT2D eigenvalue weighted by molar-refractivity contribution is 7.14. The predicted molar refractivity (Wildman–Crippen MR) is 115 cm³/mol. The lowest BCUT2D eigenvalue weighted by atomic mass is 10.0. The number of aromatic nitrogens is 1. The number of halogens is 1. The standard InChI is InChI=1S/C22H22FN3O3S/c1-13(2)19(25-20(27)15-6-10-17(29-3)11-7-15)21(28)26-22-24-18(12-30-22)14-4-8-16(23)9-5-14/h4-13,19H,1-3H3,(H,25,27)(H,24,26,28)/t19-/m0/s1. The summed E-state index contributed by atoms with van der Waals surface area (Å²) in [5.41, 5.74) is 1.82. The number of carbonyl (C=O) groups is 2. The molecule has 0 aliphatic heterocycles. The number of amides is 2. The number of nitrogens with one attached hydrogen (secondary N) is 2. The third kappa shape index (κ3) is 5.21. The maximum atomic E-state index is 13.1. The molecule has 0 saturated heterocycles. The van der Waals surface area contributed by atoms with Crippen LogP contribution in [0.4, 0.5) is 9.52 Å². The molecule has 2 N–H and O–H groups in total. The van der Waals surface area contributed by atoms with Crippen molar-refractivity contribution in [1.82, 2.24) is 10.3 Å². The van der Waals surface area contributed by atoms with Crippen molar-refractivity contribution in [3.63, 3.8) is 0 Å². The Bertz CT molecular complexity index is 1020. The Kier molecular flexibility index (Phi) is 6.79. The Labute approximate surface area is 178 Å². The molecule has 0 aliphatic carbocycles. The second-order valence-corrected chi connectivity index (χ2v) is 7.82. The number of benzene rings is 2. The van der Waals surface area contributed by atoms with Crippen LogP contribution in [-0.2, 0) is 4.79 Å². The zero-order chi connectivity index (χ0) is 21.7. The van der Waals surface area contributed by atoms with Crippen LogP contribution in [0.5, 0.6) is 5.75 Å². The molecule has 0 aliphatic rings. The molecule has 1 heterocycles. The largest absolute Gasteiger partial charge is 0.497 e. The second-order valence-electron chi connectivity index (χ2n) is 6.96. The van der Waals surface area contributed by atoms with E-state index in [-0.39, 0.29) is 23.5 Å². The monoisotopic (exact) mass is 427 g/mol. The van der Waals surface area contributed by atoms with Gasteiger partial charge in [0, 0.05) is 16.5 Å². The molecule has 2 amide bonds. The molecule has 0 unspecified atom stereocenters. The van der Waals surface area contributed by atoms with Crippen molar-refractivity contribution in [2.45, 2.75) is 19.9 Å². The molecule has 6 nitrogen and oxygen atoms in total. The fraction of sp³-hybridized carbons (Fsp3) is 0.227. The van der Waals surface area contributed by atoms with Crippen LogP contribution in [0.2, 0.25) is 0 Å². The molecule has 8 heteroatoms. The molecule has 0 saturated carbocycles. The minimum absolute atomic E-state index is 0.135. The van der Waals surface area contributed by atoms with Crippen molar-refractivity contribution < 1.29 is 18.7 Å². The lowest BCUT2D eigenvalue weighted by Gasteiger charge is -2.21. The lowest BCUT2D eigenvalue weighted by Crippen LogP contribution is -2.47. The zero-order valence-electron chi connectivity index (χ0n) is 16.8. The summed E-state index contributed by atoms with van der Waals surface area (Å²) in [6, 6.07) is 11.9. The molecule has 3 aromatic rings. The number of methoxy groups -OCH3 is 1. The van der Waals surface area contributed by atoms with Crippen molar-refractivity contribution in [1.29, 1.82) is 0 Å². The summed E-state index contributed by atoms with van der Waals surface area (Å²) in [5, 5.41) is 7.73. The molecule has 0 bridgehead atoms. The number of hydrogen-bond donors (Lipinski definition) is 2. The third-order valence-corrected chi connectivity index (χ3v) is 5.22. The number of ether oxygens (including phenoxy) is 1. The molecular formula is C22H22FN3O3S. The van der Waals surface area contributed by atoms with Gasteiger partial charge in [-0.1, -0.05) is 13.8 Å². The SMILES string of the molecule is COc1ccc(C(=O)N[C@H](C(=O)Nc2nc(-c3ccc(F)cc3)cs2)C(C)C)cc1. The van der Waals surface area contributed by atoms with Gasteiger partial charge in [0.05, 0.1) is 12.8 Å². The minimum atomic E-state index is -0.738. The van der Waals surface area contributed by atoms with Crippen LogP contribution in [-0.4, -0.2) is 29.9 Å². The maximum Gasteiger partial charge on any atom is 0.251 e. The Morgan fingerprint density at radius 1 is 1.07 bits per heavy atom. The number of rotatable bonds is 7. The molecular weight excluding hydrogens is 405 g/mol. The van der Waals surface area contributed by atoms with Gasteiger partial charge in [-0.2, -0.15) is 0 Å². The van der Waals surface area contributed by atoms with Crippen molar-refractivity contribution in [2.24, 2.45) is 5.92 Å². The van der Waals surface area contributed by atoms with Crippen LogP contribution in [0.25, 0.3) is 11.3 Å². The smallest absolute Gasteiger partial charge is 0.251 e. The van der Waals surface area contributed by atoms with Gasteiger partial charge < -0.3 is 15.4 Å². The van der Waals surface area contributed by atoms with Gasteiger partial charge in [0.1, 0.15) is 17.6 Å². The van der Waals surface area contributed by atoms with Crippen LogP contribution < -0.4 is 15.4 Å². The average Bonchev–Trinajstić information content (AvgIpc) is 3.20. The zero-order valence-corrected chi connectivity index (χ0v) is 17.6. The van der Waals surface area contributed by atoms with E-state index in [1.54, 1.807) is 48.9 Å². The van der Waals surface area contributed by atoms with E-state index in [0.29, 0.717) is 22.1 Å². The van der Waals surface area contributed by atoms with Crippen molar-refractivity contribution >= 4 is 28.3 Å². The van der Waals surface area contributed by atoms with E-state index in [9.17, 15) is 14.0 Å². The number of nitrogens with zero attached hydrogens (tertiary/aromatic N) is 1. The second kappa shape index (κ2) is 9.49. The highest BCUT2D eigenvalue weighted by atomic mass is 32.1. The summed E-state index contributed by atoms with van der Waals surface area (Å²) in [6.07, 6.45) is 0. The van der Waals surface area contributed by atoms with Gasteiger partial charge in [0.15, 0.2) is 5.13 Å². The van der Waals surface area contributed by atoms with Crippen LogP contribution in [0, 0.1) is 11.7 Å². The molecule has 0 spiro atoms. The predicted octanol–water partition coefficient (Wildman–Crippen LogP) is 4.35. The van der Waals surface area contributed by atoms with Gasteiger partial charge in [-0.3, -0.25) is 9.59 Å². The van der Waals surface area contributed by atoms with E-state index in [1.807, 2.05) is 13.8 Å². The van der Waals surface area contributed by atoms with Crippen molar-refractivity contribution in [3.05, 3.63) is 65.3 Å². The van der Waals surface area contributed by atoms with E-state index in [1.165, 1.54) is 23.5 Å². The molecule has 30 heavy (non-hydrogen) atoms. The van der Waals surface area contributed by atoms with Crippen LogP contribution >= 0.6 is 11.3 Å². The molecule has 2 aromatic carbocycles. The topological polar surface area (TPSA) is 80.3 Å². The van der Waals surface area contributed by atoms with Crippen molar-refractivity contribution in [3.8, 4) is 17.0 Å². The number of carbonyl (C=O) groups excluding carboxylic acids is 2. The Morgan fingerprint density at radius 3 is 2.33 bits per heavy atom.